The van der Waals surface area contributed by atoms with Crippen molar-refractivity contribution < 1.29 is 33.1 Å². The Balaban J connectivity index is 1.75. The topological polar surface area (TPSA) is 90.9 Å². The van der Waals surface area contributed by atoms with Gasteiger partial charge in [0.1, 0.15) is 12.4 Å². The third-order valence-corrected chi connectivity index (χ3v) is 6.35. The number of amides is 1. The normalized spacial score (nSPS) is 14.1. The third kappa shape index (κ3) is 5.39. The first-order valence-corrected chi connectivity index (χ1v) is 11.3. The number of quaternary nitrogens is 1. The molecule has 0 aromatic heterocycles. The van der Waals surface area contributed by atoms with Crippen molar-refractivity contribution in [1.29, 1.82) is 0 Å². The first-order valence-electron chi connectivity index (χ1n) is 11.3. The highest BCUT2D eigenvalue weighted by Crippen LogP contribution is 2.46. The van der Waals surface area contributed by atoms with Crippen LogP contribution in [0.4, 0.5) is 5.69 Å². The number of ether oxygens (including phenoxy) is 3. The van der Waals surface area contributed by atoms with Crippen LogP contribution in [0.15, 0.2) is 42.5 Å². The molecule has 0 saturated heterocycles. The summed E-state index contributed by atoms with van der Waals surface area (Å²) >= 11 is 0. The SMILES string of the molecule is CCOC(=O)c1cc(OC)cc(C)c1NC(=O)C1([N+](C)(C)CC(=O)OCc2ccccc2)CC1. The summed E-state index contributed by atoms with van der Waals surface area (Å²) in [6.07, 6.45) is 1.25. The zero-order valence-corrected chi connectivity index (χ0v) is 20.5. The predicted octanol–water partition coefficient (Wildman–Crippen LogP) is 3.47. The minimum absolute atomic E-state index is 0.0482. The Labute approximate surface area is 200 Å². The Kier molecular flexibility index (Phi) is 7.61. The van der Waals surface area contributed by atoms with E-state index in [2.05, 4.69) is 5.32 Å². The van der Waals surface area contributed by atoms with Crippen LogP contribution in [0.3, 0.4) is 0 Å². The lowest BCUT2D eigenvalue weighted by Gasteiger charge is -2.36. The van der Waals surface area contributed by atoms with E-state index in [0.717, 1.165) is 5.56 Å². The first kappa shape index (κ1) is 25.2. The van der Waals surface area contributed by atoms with Crippen LogP contribution in [0.5, 0.6) is 5.75 Å². The molecule has 0 atom stereocenters. The number of benzene rings is 2. The Bertz CT molecular complexity index is 1060. The van der Waals surface area contributed by atoms with Gasteiger partial charge >= 0.3 is 11.9 Å². The van der Waals surface area contributed by atoms with Gasteiger partial charge < -0.3 is 24.0 Å². The van der Waals surface area contributed by atoms with E-state index in [9.17, 15) is 14.4 Å². The second kappa shape index (κ2) is 10.3. The average molecular weight is 470 g/mol. The molecule has 0 unspecified atom stereocenters. The number of carbonyl (C=O) groups is 3. The summed E-state index contributed by atoms with van der Waals surface area (Å²) in [5, 5.41) is 2.95. The van der Waals surface area contributed by atoms with Crippen molar-refractivity contribution in [2.45, 2.75) is 38.8 Å². The van der Waals surface area contributed by atoms with Crippen LogP contribution in [0.2, 0.25) is 0 Å². The van der Waals surface area contributed by atoms with Gasteiger partial charge in [-0.2, -0.15) is 0 Å². The summed E-state index contributed by atoms with van der Waals surface area (Å²) in [5.74, 6) is -0.659. The van der Waals surface area contributed by atoms with Crippen LogP contribution in [0.1, 0.15) is 41.3 Å². The molecule has 34 heavy (non-hydrogen) atoms. The van der Waals surface area contributed by atoms with Crippen LogP contribution >= 0.6 is 0 Å². The van der Waals surface area contributed by atoms with Gasteiger partial charge in [-0.15, -0.1) is 0 Å². The summed E-state index contributed by atoms with van der Waals surface area (Å²) in [6.45, 7) is 3.96. The van der Waals surface area contributed by atoms with Crippen molar-refractivity contribution in [2.24, 2.45) is 0 Å². The van der Waals surface area contributed by atoms with Crippen molar-refractivity contribution in [3.8, 4) is 5.75 Å². The summed E-state index contributed by atoms with van der Waals surface area (Å²) in [7, 11) is 5.21. The number of carbonyl (C=O) groups excluding carboxylic acids is 3. The monoisotopic (exact) mass is 469 g/mol. The van der Waals surface area contributed by atoms with Crippen LogP contribution in [-0.2, 0) is 25.7 Å². The van der Waals surface area contributed by atoms with Crippen molar-refractivity contribution >= 4 is 23.5 Å². The summed E-state index contributed by atoms with van der Waals surface area (Å²) in [5.41, 5.74) is 1.42. The number of aryl methyl sites for hydroxylation is 1. The molecule has 1 N–H and O–H groups in total. The lowest BCUT2D eigenvalue weighted by atomic mass is 10.1. The van der Waals surface area contributed by atoms with Crippen LogP contribution < -0.4 is 10.1 Å². The highest BCUT2D eigenvalue weighted by Gasteiger charge is 2.63. The van der Waals surface area contributed by atoms with Crippen LogP contribution in [0.25, 0.3) is 0 Å². The maximum absolute atomic E-state index is 13.5. The number of hydrogen-bond acceptors (Lipinski definition) is 6. The van der Waals surface area contributed by atoms with Crippen LogP contribution in [0, 0.1) is 6.92 Å². The Hall–Kier alpha value is -3.39. The fourth-order valence-corrected chi connectivity index (χ4v) is 4.12. The quantitative estimate of drug-likeness (QED) is 0.423. The molecule has 3 rings (SSSR count). The van der Waals surface area contributed by atoms with E-state index in [1.807, 2.05) is 44.4 Å². The number of esters is 2. The summed E-state index contributed by atoms with van der Waals surface area (Å²) < 4.78 is 16.1. The Morgan fingerprint density at radius 1 is 1.06 bits per heavy atom. The molecule has 1 aliphatic carbocycles. The molecule has 0 heterocycles. The van der Waals surface area contributed by atoms with Crippen molar-refractivity contribution in [1.82, 2.24) is 0 Å². The maximum Gasteiger partial charge on any atom is 0.362 e. The standard InChI is InChI=1S/C26H32N2O6/c1-6-33-24(30)21-15-20(32-5)14-18(2)23(21)27-25(31)26(12-13-26)28(3,4)16-22(29)34-17-19-10-8-7-9-11-19/h7-11,14-15H,6,12-13,16-17H2,1-5H3/p+1. The number of methoxy groups -OCH3 is 1. The molecule has 8 nitrogen and oxygen atoms in total. The molecule has 0 radical (unpaired) electrons. The molecule has 0 aliphatic heterocycles. The number of nitrogens with one attached hydrogen (secondary N) is 1. The molecule has 1 saturated carbocycles. The zero-order valence-electron chi connectivity index (χ0n) is 20.5. The van der Waals surface area contributed by atoms with Crippen molar-refractivity contribution in [3.05, 3.63) is 59.2 Å². The molecule has 0 bridgehead atoms. The Morgan fingerprint density at radius 2 is 1.74 bits per heavy atom. The lowest BCUT2D eigenvalue weighted by Crippen LogP contribution is -2.59. The average Bonchev–Trinajstić information content (AvgIpc) is 3.62. The van der Waals surface area contributed by atoms with Gasteiger partial charge in [-0.3, -0.25) is 4.79 Å². The third-order valence-electron chi connectivity index (χ3n) is 6.35. The summed E-state index contributed by atoms with van der Waals surface area (Å²) in [4.78, 5) is 38.6. The molecule has 182 valence electrons. The van der Waals surface area contributed by atoms with Gasteiger partial charge in [0, 0.05) is 12.8 Å². The minimum atomic E-state index is -0.788. The highest BCUT2D eigenvalue weighted by molar-refractivity contribution is 6.06. The van der Waals surface area contributed by atoms with E-state index in [4.69, 9.17) is 14.2 Å². The van der Waals surface area contributed by atoms with Gasteiger partial charge in [-0.1, -0.05) is 30.3 Å². The van der Waals surface area contributed by atoms with Gasteiger partial charge in [-0.05, 0) is 37.1 Å². The van der Waals surface area contributed by atoms with Crippen molar-refractivity contribution in [3.63, 3.8) is 0 Å². The van der Waals surface area contributed by atoms with E-state index < -0.39 is 11.5 Å². The first-order chi connectivity index (χ1) is 16.1. The highest BCUT2D eigenvalue weighted by atomic mass is 16.5. The zero-order chi connectivity index (χ0) is 24.9. The minimum Gasteiger partial charge on any atom is -0.497 e. The fraction of sp³-hybridized carbons (Fsp3) is 0.423. The van der Waals surface area contributed by atoms with Gasteiger partial charge in [0.25, 0.3) is 5.91 Å². The molecule has 2 aromatic rings. The van der Waals surface area contributed by atoms with E-state index in [1.165, 1.54) is 7.11 Å². The van der Waals surface area contributed by atoms with Gasteiger partial charge in [0.15, 0.2) is 12.1 Å². The number of likely N-dealkylation sites (N-methyl/N-ethyl adjacent to an activating group) is 1. The molecular formula is C26H33N2O6+. The Morgan fingerprint density at radius 3 is 2.32 bits per heavy atom. The molecular weight excluding hydrogens is 436 g/mol. The van der Waals surface area contributed by atoms with Gasteiger partial charge in [0.2, 0.25) is 0 Å². The van der Waals surface area contributed by atoms with E-state index >= 15 is 0 Å². The van der Waals surface area contributed by atoms with E-state index in [1.54, 1.807) is 26.0 Å². The second-order valence-corrected chi connectivity index (χ2v) is 9.06. The number of nitrogens with zero attached hydrogens (tertiary/aromatic N) is 1. The number of anilines is 1. The fourth-order valence-electron chi connectivity index (χ4n) is 4.12. The molecule has 2 aromatic carbocycles. The number of rotatable bonds is 10. The van der Waals surface area contributed by atoms with E-state index in [0.29, 0.717) is 29.8 Å². The molecule has 1 fully saturated rings. The lowest BCUT2D eigenvalue weighted by molar-refractivity contribution is -0.909. The maximum atomic E-state index is 13.5. The molecule has 0 spiro atoms. The molecule has 1 amide bonds. The molecule has 1 aliphatic rings. The number of hydrogen-bond donors (Lipinski definition) is 1. The smallest absolute Gasteiger partial charge is 0.362 e. The van der Waals surface area contributed by atoms with Gasteiger partial charge in [-0.25, -0.2) is 9.59 Å². The largest absolute Gasteiger partial charge is 0.497 e. The predicted molar refractivity (Wildman–Crippen MR) is 127 cm³/mol. The molecule has 8 heteroatoms. The summed E-state index contributed by atoms with van der Waals surface area (Å²) in [6, 6.07) is 12.8. The van der Waals surface area contributed by atoms with Crippen LogP contribution in [-0.4, -0.2) is 62.2 Å². The van der Waals surface area contributed by atoms with Gasteiger partial charge in [0.05, 0.1) is 39.1 Å². The van der Waals surface area contributed by atoms with E-state index in [-0.39, 0.29) is 41.7 Å². The second-order valence-electron chi connectivity index (χ2n) is 9.06. The van der Waals surface area contributed by atoms with Crippen molar-refractivity contribution in [2.75, 3.05) is 39.7 Å².